The Morgan fingerprint density at radius 2 is 2.10 bits per heavy atom. The fourth-order valence-electron chi connectivity index (χ4n) is 2.64. The summed E-state index contributed by atoms with van der Waals surface area (Å²) in [6, 6.07) is 11.8. The van der Waals surface area contributed by atoms with Crippen molar-refractivity contribution in [2.24, 2.45) is 5.16 Å². The van der Waals surface area contributed by atoms with Crippen LogP contribution >= 0.6 is 11.6 Å². The van der Waals surface area contributed by atoms with Gasteiger partial charge >= 0.3 is 0 Å². The lowest BCUT2D eigenvalue weighted by Crippen LogP contribution is -2.00. The molecule has 0 atom stereocenters. The number of ether oxygens (including phenoxy) is 1. The summed E-state index contributed by atoms with van der Waals surface area (Å²) in [4.78, 5) is 0. The van der Waals surface area contributed by atoms with Crippen LogP contribution in [0.5, 0.6) is 5.75 Å². The minimum Gasteiger partial charge on any atom is -0.489 e. The summed E-state index contributed by atoms with van der Waals surface area (Å²) in [5, 5.41) is 13.1. The highest BCUT2D eigenvalue weighted by Gasteiger charge is 2.21. The maximum absolute atomic E-state index is 9.00. The zero-order chi connectivity index (χ0) is 14.8. The van der Waals surface area contributed by atoms with E-state index in [0.717, 1.165) is 51.6 Å². The number of nitrogens with zero attached hydrogens (tertiary/aromatic N) is 1. The third-order valence-electron chi connectivity index (χ3n) is 3.77. The molecule has 0 radical (unpaired) electrons. The van der Waals surface area contributed by atoms with E-state index in [1.54, 1.807) is 0 Å². The Kier molecular flexibility index (Phi) is 3.84. The number of fused-ring (bicyclic) bond motifs is 1. The van der Waals surface area contributed by atoms with Crippen molar-refractivity contribution in [2.45, 2.75) is 26.4 Å². The topological polar surface area (TPSA) is 41.8 Å². The SMILES string of the molecule is Cc1ccc(COc2cccc3c2CC/C3=N\O)c(Cl)c1. The summed E-state index contributed by atoms with van der Waals surface area (Å²) in [5.74, 6) is 0.836. The maximum Gasteiger partial charge on any atom is 0.123 e. The average molecular weight is 302 g/mol. The Labute approximate surface area is 128 Å². The molecule has 1 aliphatic carbocycles. The van der Waals surface area contributed by atoms with Gasteiger partial charge in [-0.1, -0.05) is 41.0 Å². The zero-order valence-electron chi connectivity index (χ0n) is 11.8. The summed E-state index contributed by atoms with van der Waals surface area (Å²) in [6.07, 6.45) is 1.59. The van der Waals surface area contributed by atoms with Crippen LogP contribution in [0.4, 0.5) is 0 Å². The van der Waals surface area contributed by atoms with Gasteiger partial charge in [-0.3, -0.25) is 0 Å². The molecular formula is C17H16ClNO2. The molecule has 2 aromatic rings. The number of halogens is 1. The Bertz CT molecular complexity index is 710. The van der Waals surface area contributed by atoms with Gasteiger partial charge in [0.15, 0.2) is 0 Å². The number of aryl methyl sites for hydroxylation is 1. The van der Waals surface area contributed by atoms with Crippen molar-refractivity contribution in [3.8, 4) is 5.75 Å². The van der Waals surface area contributed by atoms with Gasteiger partial charge in [0, 0.05) is 21.7 Å². The molecule has 0 spiro atoms. The second-order valence-corrected chi connectivity index (χ2v) is 5.62. The van der Waals surface area contributed by atoms with E-state index in [4.69, 9.17) is 21.5 Å². The molecule has 1 N–H and O–H groups in total. The maximum atomic E-state index is 9.00. The Balaban J connectivity index is 1.82. The van der Waals surface area contributed by atoms with Crippen LogP contribution in [0, 0.1) is 6.92 Å². The van der Waals surface area contributed by atoms with Crippen LogP contribution in [-0.4, -0.2) is 10.9 Å². The molecule has 4 heteroatoms. The van der Waals surface area contributed by atoms with Gasteiger partial charge in [0.1, 0.15) is 12.4 Å². The lowest BCUT2D eigenvalue weighted by Gasteiger charge is -2.12. The van der Waals surface area contributed by atoms with Crippen molar-refractivity contribution in [2.75, 3.05) is 0 Å². The van der Waals surface area contributed by atoms with Gasteiger partial charge in [-0.15, -0.1) is 0 Å². The summed E-state index contributed by atoms with van der Waals surface area (Å²) >= 11 is 6.23. The normalized spacial score (nSPS) is 15.2. The first-order valence-corrected chi connectivity index (χ1v) is 7.28. The number of hydrogen-bond donors (Lipinski definition) is 1. The van der Waals surface area contributed by atoms with Crippen molar-refractivity contribution in [3.63, 3.8) is 0 Å². The third kappa shape index (κ3) is 2.74. The van der Waals surface area contributed by atoms with Crippen LogP contribution in [0.1, 0.15) is 28.7 Å². The van der Waals surface area contributed by atoms with Crippen molar-refractivity contribution in [1.29, 1.82) is 0 Å². The Morgan fingerprint density at radius 3 is 2.86 bits per heavy atom. The molecule has 0 unspecified atom stereocenters. The molecule has 0 saturated heterocycles. The van der Waals surface area contributed by atoms with Gasteiger partial charge in [0.05, 0.1) is 5.71 Å². The average Bonchev–Trinajstić information content (AvgIpc) is 2.90. The number of hydrogen-bond acceptors (Lipinski definition) is 3. The fourth-order valence-corrected chi connectivity index (χ4v) is 2.93. The molecule has 1 aliphatic rings. The van der Waals surface area contributed by atoms with E-state index in [0.29, 0.717) is 6.61 Å². The predicted octanol–water partition coefficient (Wildman–Crippen LogP) is 4.35. The molecule has 0 heterocycles. The van der Waals surface area contributed by atoms with Gasteiger partial charge in [-0.2, -0.15) is 0 Å². The number of benzene rings is 2. The standard InChI is InChI=1S/C17H16ClNO2/c1-11-5-6-12(15(18)9-11)10-21-17-4-2-3-13-14(17)7-8-16(13)19-20/h2-6,9,20H,7-8,10H2,1H3/b19-16+. The van der Waals surface area contributed by atoms with E-state index in [1.165, 1.54) is 0 Å². The number of oxime groups is 1. The largest absolute Gasteiger partial charge is 0.489 e. The molecule has 3 nitrogen and oxygen atoms in total. The van der Waals surface area contributed by atoms with Crippen LogP contribution in [0.3, 0.4) is 0 Å². The number of rotatable bonds is 3. The van der Waals surface area contributed by atoms with E-state index in [-0.39, 0.29) is 0 Å². The molecule has 0 aromatic heterocycles. The fraction of sp³-hybridized carbons (Fsp3) is 0.235. The monoisotopic (exact) mass is 301 g/mol. The van der Waals surface area contributed by atoms with E-state index in [9.17, 15) is 0 Å². The van der Waals surface area contributed by atoms with Gasteiger partial charge < -0.3 is 9.94 Å². The van der Waals surface area contributed by atoms with E-state index >= 15 is 0 Å². The summed E-state index contributed by atoms with van der Waals surface area (Å²) in [7, 11) is 0. The minimum atomic E-state index is 0.432. The second kappa shape index (κ2) is 5.78. The van der Waals surface area contributed by atoms with Gasteiger partial charge in [-0.05, 0) is 37.5 Å². The molecule has 3 rings (SSSR count). The minimum absolute atomic E-state index is 0.432. The van der Waals surface area contributed by atoms with Gasteiger partial charge in [-0.25, -0.2) is 0 Å². The highest BCUT2D eigenvalue weighted by molar-refractivity contribution is 6.31. The van der Waals surface area contributed by atoms with E-state index < -0.39 is 0 Å². The quantitative estimate of drug-likeness (QED) is 0.676. The lowest BCUT2D eigenvalue weighted by atomic mass is 10.1. The smallest absolute Gasteiger partial charge is 0.123 e. The van der Waals surface area contributed by atoms with Crippen LogP contribution in [0.2, 0.25) is 5.02 Å². The van der Waals surface area contributed by atoms with Crippen molar-refractivity contribution in [1.82, 2.24) is 0 Å². The van der Waals surface area contributed by atoms with E-state index in [2.05, 4.69) is 5.16 Å². The first kappa shape index (κ1) is 14.0. The zero-order valence-corrected chi connectivity index (χ0v) is 12.5. The van der Waals surface area contributed by atoms with Crippen LogP contribution in [0.25, 0.3) is 0 Å². The van der Waals surface area contributed by atoms with Crippen LogP contribution < -0.4 is 4.74 Å². The summed E-state index contributed by atoms with van der Waals surface area (Å²) in [5.41, 5.74) is 4.91. The molecule has 0 saturated carbocycles. The predicted molar refractivity (Wildman–Crippen MR) is 83.6 cm³/mol. The molecule has 0 aliphatic heterocycles. The van der Waals surface area contributed by atoms with Gasteiger partial charge in [0.25, 0.3) is 0 Å². The first-order valence-electron chi connectivity index (χ1n) is 6.90. The lowest BCUT2D eigenvalue weighted by molar-refractivity contribution is 0.303. The molecule has 21 heavy (non-hydrogen) atoms. The van der Waals surface area contributed by atoms with E-state index in [1.807, 2.05) is 43.3 Å². The third-order valence-corrected chi connectivity index (χ3v) is 4.12. The molecule has 108 valence electrons. The highest BCUT2D eigenvalue weighted by Crippen LogP contribution is 2.31. The molecule has 0 bridgehead atoms. The van der Waals surface area contributed by atoms with Crippen LogP contribution in [-0.2, 0) is 13.0 Å². The Hall–Kier alpha value is -2.00. The highest BCUT2D eigenvalue weighted by atomic mass is 35.5. The first-order chi connectivity index (χ1) is 10.2. The second-order valence-electron chi connectivity index (χ2n) is 5.21. The summed E-state index contributed by atoms with van der Waals surface area (Å²) in [6.45, 7) is 2.44. The molecular weight excluding hydrogens is 286 g/mol. The van der Waals surface area contributed by atoms with Crippen molar-refractivity contribution < 1.29 is 9.94 Å². The Morgan fingerprint density at radius 1 is 1.24 bits per heavy atom. The molecule has 0 amide bonds. The van der Waals surface area contributed by atoms with Crippen LogP contribution in [0.15, 0.2) is 41.6 Å². The summed E-state index contributed by atoms with van der Waals surface area (Å²) < 4.78 is 5.93. The molecule has 0 fully saturated rings. The van der Waals surface area contributed by atoms with Crippen molar-refractivity contribution >= 4 is 17.3 Å². The van der Waals surface area contributed by atoms with Crippen molar-refractivity contribution in [3.05, 3.63) is 63.7 Å². The van der Waals surface area contributed by atoms with Gasteiger partial charge in [0.2, 0.25) is 0 Å². The molecule has 2 aromatic carbocycles.